The number of hydrogen-bond donors (Lipinski definition) is 3. The fraction of sp³-hybridized carbons (Fsp3) is 0.326. The average Bonchev–Trinajstić information content (AvgIpc) is 3.28. The lowest BCUT2D eigenvalue weighted by Gasteiger charge is -2.46. The number of carbonyl (C=O) groups excluding carboxylic acids is 1. The molecule has 3 N–H and O–H groups in total. The quantitative estimate of drug-likeness (QED) is 0.0546. The summed E-state index contributed by atoms with van der Waals surface area (Å²) in [7, 11) is -4.45. The zero-order valence-corrected chi connectivity index (χ0v) is 36.2. The number of piperazine rings is 2. The third-order valence-electron chi connectivity index (χ3n) is 11.8. The Morgan fingerprint density at radius 3 is 2.46 bits per heavy atom. The van der Waals surface area contributed by atoms with Crippen LogP contribution < -0.4 is 20.3 Å². The third kappa shape index (κ3) is 10.6. The Kier molecular flexibility index (Phi) is 13.6. The first-order chi connectivity index (χ1) is 29.6. The maximum Gasteiger partial charge on any atom is 0.293 e. The topological polar surface area (TPSA) is 140 Å². The molecular formula is C46H50ClN7O5S2. The lowest BCUT2D eigenvalue weighted by atomic mass is 9.92. The largest absolute Gasteiger partial charge is 0.376 e. The normalized spacial score (nSPS) is 17.5. The lowest BCUT2D eigenvalue weighted by Crippen LogP contribution is -2.54. The molecule has 3 aliphatic rings. The summed E-state index contributed by atoms with van der Waals surface area (Å²) < 4.78 is 29.4. The SMILES string of the molecule is O=C(NS(=O)(=O)c1ccc(N[C@H](CCN2CCNCC2)CSc2ccccc2)c([N+](=O)[O-])c1)c1ccc2c(c1)CC[C@@H]1CN(Cc3ccccc3-c3ccc(Cl)cc3)CCN21. The van der Waals surface area contributed by atoms with Gasteiger partial charge >= 0.3 is 0 Å². The molecule has 0 saturated carbocycles. The molecule has 2 fully saturated rings. The maximum absolute atomic E-state index is 13.6. The monoisotopic (exact) mass is 879 g/mol. The predicted molar refractivity (Wildman–Crippen MR) is 244 cm³/mol. The summed E-state index contributed by atoms with van der Waals surface area (Å²) in [4.78, 5) is 33.3. The zero-order valence-electron chi connectivity index (χ0n) is 33.8. The number of nitro benzene ring substituents is 1. The van der Waals surface area contributed by atoms with Crippen LogP contribution in [0.4, 0.5) is 17.1 Å². The van der Waals surface area contributed by atoms with Crippen molar-refractivity contribution in [2.75, 3.05) is 68.3 Å². The van der Waals surface area contributed by atoms with Crippen LogP contribution in [0.5, 0.6) is 0 Å². The molecule has 0 spiro atoms. The molecule has 61 heavy (non-hydrogen) atoms. The summed E-state index contributed by atoms with van der Waals surface area (Å²) in [6.45, 7) is 7.96. The number of amides is 1. The standard InChI is InChI=1S/C46H50ClN7O5S2/c47-37-14-10-33(11-15-37)42-9-5-4-6-36(42)30-52-26-27-53-39(31-52)16-12-34-28-35(13-19-44(34)53)46(55)50-61(58,59)41-17-18-43(45(29-41)54(56)57)49-38(20-23-51-24-21-48-22-25-51)32-60-40-7-2-1-3-8-40/h1-11,13-15,17-19,28-29,38-39,48-49H,12,16,20-27,30-32H2,(H,50,55)/t38-,39-/m1/s1. The predicted octanol–water partition coefficient (Wildman–Crippen LogP) is 7.54. The Morgan fingerprint density at radius 1 is 0.902 bits per heavy atom. The van der Waals surface area contributed by atoms with Crippen LogP contribution in [-0.2, 0) is 23.0 Å². The highest BCUT2D eigenvalue weighted by atomic mass is 35.5. The number of thioether (sulfide) groups is 1. The highest BCUT2D eigenvalue weighted by Crippen LogP contribution is 2.35. The summed E-state index contributed by atoms with van der Waals surface area (Å²) in [5.74, 6) is -0.133. The number of fused-ring (bicyclic) bond motifs is 3. The van der Waals surface area contributed by atoms with E-state index in [1.54, 1.807) is 23.9 Å². The molecule has 5 aromatic carbocycles. The van der Waals surface area contributed by atoms with Crippen molar-refractivity contribution < 1.29 is 18.1 Å². The molecule has 2 atom stereocenters. The summed E-state index contributed by atoms with van der Waals surface area (Å²) in [5.41, 5.74) is 5.73. The molecule has 8 rings (SSSR count). The number of aryl methyl sites for hydroxylation is 1. The second-order valence-electron chi connectivity index (χ2n) is 15.8. The molecule has 12 nitrogen and oxygen atoms in total. The molecular weight excluding hydrogens is 830 g/mol. The molecule has 2 saturated heterocycles. The minimum absolute atomic E-state index is 0.132. The number of rotatable bonds is 15. The van der Waals surface area contributed by atoms with Crippen molar-refractivity contribution in [1.82, 2.24) is 19.8 Å². The van der Waals surface area contributed by atoms with Gasteiger partial charge in [-0.05, 0) is 96.1 Å². The van der Waals surface area contributed by atoms with Crippen LogP contribution in [0.2, 0.25) is 5.02 Å². The van der Waals surface area contributed by atoms with Crippen molar-refractivity contribution in [3.05, 3.63) is 147 Å². The molecule has 5 aromatic rings. The van der Waals surface area contributed by atoms with Gasteiger partial charge in [-0.25, -0.2) is 13.1 Å². The van der Waals surface area contributed by atoms with Gasteiger partial charge < -0.3 is 20.4 Å². The van der Waals surface area contributed by atoms with Gasteiger partial charge in [-0.3, -0.25) is 19.8 Å². The van der Waals surface area contributed by atoms with Gasteiger partial charge in [-0.1, -0.05) is 66.2 Å². The first-order valence-corrected chi connectivity index (χ1v) is 23.6. The van der Waals surface area contributed by atoms with E-state index in [9.17, 15) is 23.3 Å². The summed E-state index contributed by atoms with van der Waals surface area (Å²) in [5, 5.41) is 19.8. The molecule has 0 bridgehead atoms. The number of hydrogen-bond acceptors (Lipinski definition) is 11. The van der Waals surface area contributed by atoms with Crippen LogP contribution in [0.1, 0.15) is 34.3 Å². The second kappa shape index (κ2) is 19.4. The fourth-order valence-corrected chi connectivity index (χ4v) is 10.7. The van der Waals surface area contributed by atoms with Crippen molar-refractivity contribution in [2.24, 2.45) is 0 Å². The molecule has 1 amide bonds. The van der Waals surface area contributed by atoms with E-state index < -0.39 is 20.9 Å². The number of nitrogens with one attached hydrogen (secondary N) is 3. The number of benzene rings is 5. The van der Waals surface area contributed by atoms with Crippen LogP contribution in [0.3, 0.4) is 0 Å². The van der Waals surface area contributed by atoms with Gasteiger partial charge in [-0.15, -0.1) is 11.8 Å². The highest BCUT2D eigenvalue weighted by molar-refractivity contribution is 7.99. The Labute approximate surface area is 366 Å². The van der Waals surface area contributed by atoms with E-state index in [0.717, 1.165) is 106 Å². The number of sulfonamides is 1. The molecule has 3 heterocycles. The van der Waals surface area contributed by atoms with Crippen LogP contribution in [-0.4, -0.2) is 99.2 Å². The minimum Gasteiger partial charge on any atom is -0.376 e. The number of nitrogens with zero attached hydrogens (tertiary/aromatic N) is 4. The van der Waals surface area contributed by atoms with Gasteiger partial charge in [0.2, 0.25) is 0 Å². The smallest absolute Gasteiger partial charge is 0.293 e. The van der Waals surface area contributed by atoms with Gasteiger partial charge in [0.05, 0.1) is 9.82 Å². The average molecular weight is 881 g/mol. The van der Waals surface area contributed by atoms with E-state index in [1.807, 2.05) is 48.5 Å². The Hall–Kier alpha value is -4.96. The van der Waals surface area contributed by atoms with E-state index in [1.165, 1.54) is 23.3 Å². The van der Waals surface area contributed by atoms with Crippen LogP contribution >= 0.6 is 23.4 Å². The van der Waals surface area contributed by atoms with Crippen LogP contribution in [0, 0.1) is 10.1 Å². The van der Waals surface area contributed by atoms with Crippen molar-refractivity contribution in [3.63, 3.8) is 0 Å². The van der Waals surface area contributed by atoms with Gasteiger partial charge in [0.25, 0.3) is 21.6 Å². The molecule has 0 radical (unpaired) electrons. The van der Waals surface area contributed by atoms with E-state index in [2.05, 4.69) is 66.5 Å². The first-order valence-electron chi connectivity index (χ1n) is 20.8. The Balaban J connectivity index is 0.914. The van der Waals surface area contributed by atoms with Crippen molar-refractivity contribution in [3.8, 4) is 11.1 Å². The summed E-state index contributed by atoms with van der Waals surface area (Å²) in [6, 6.07) is 35.7. The van der Waals surface area contributed by atoms with Gasteiger partial charge in [-0.2, -0.15) is 0 Å². The van der Waals surface area contributed by atoms with E-state index in [-0.39, 0.29) is 27.9 Å². The molecule has 318 valence electrons. The van der Waals surface area contributed by atoms with E-state index in [0.29, 0.717) is 16.8 Å². The molecule has 0 unspecified atom stereocenters. The summed E-state index contributed by atoms with van der Waals surface area (Å²) >= 11 is 7.82. The second-order valence-corrected chi connectivity index (χ2v) is 19.1. The zero-order chi connectivity index (χ0) is 42.3. The number of carbonyl (C=O) groups is 1. The number of halogens is 1. The number of anilines is 2. The lowest BCUT2D eigenvalue weighted by molar-refractivity contribution is -0.384. The van der Waals surface area contributed by atoms with Gasteiger partial charge in [0, 0.05) is 104 Å². The van der Waals surface area contributed by atoms with Gasteiger partial charge in [0.15, 0.2) is 0 Å². The summed E-state index contributed by atoms with van der Waals surface area (Å²) in [6.07, 6.45) is 2.39. The Morgan fingerprint density at radius 2 is 1.67 bits per heavy atom. The van der Waals surface area contributed by atoms with E-state index >= 15 is 0 Å². The molecule has 3 aliphatic heterocycles. The molecule has 0 aliphatic carbocycles. The highest BCUT2D eigenvalue weighted by Gasteiger charge is 2.33. The Bertz CT molecular complexity index is 2450. The maximum atomic E-state index is 13.6. The van der Waals surface area contributed by atoms with Crippen molar-refractivity contribution in [1.29, 1.82) is 0 Å². The number of nitro groups is 1. The first kappa shape index (κ1) is 42.7. The third-order valence-corrected chi connectivity index (χ3v) is 14.5. The minimum atomic E-state index is -4.45. The van der Waals surface area contributed by atoms with E-state index in [4.69, 9.17) is 11.6 Å². The molecule has 0 aromatic heterocycles. The van der Waals surface area contributed by atoms with Crippen LogP contribution in [0.25, 0.3) is 11.1 Å². The van der Waals surface area contributed by atoms with Gasteiger partial charge in [0.1, 0.15) is 5.69 Å². The fourth-order valence-electron chi connectivity index (χ4n) is 8.56. The van der Waals surface area contributed by atoms with Crippen molar-refractivity contribution in [2.45, 2.75) is 47.7 Å². The molecule has 15 heteroatoms. The van der Waals surface area contributed by atoms with Crippen molar-refractivity contribution >= 4 is 56.4 Å². The van der Waals surface area contributed by atoms with Crippen LogP contribution in [0.15, 0.2) is 125 Å².